The molecule has 0 aliphatic rings. The van der Waals surface area contributed by atoms with Crippen LogP contribution < -0.4 is 11.5 Å². The van der Waals surface area contributed by atoms with Gasteiger partial charge in [0.1, 0.15) is 0 Å². The first kappa shape index (κ1) is 14.1. The quantitative estimate of drug-likeness (QED) is 0.491. The van der Waals surface area contributed by atoms with Crippen molar-refractivity contribution in [3.63, 3.8) is 0 Å². The van der Waals surface area contributed by atoms with E-state index >= 15 is 0 Å². The summed E-state index contributed by atoms with van der Waals surface area (Å²) in [5, 5.41) is 1.63. The Hall–Kier alpha value is -1.27. The Morgan fingerprint density at radius 2 is 1.79 bits per heavy atom. The zero-order valence-corrected chi connectivity index (χ0v) is 11.0. The molecule has 0 saturated carbocycles. The molecule has 102 valence electrons. The van der Waals surface area contributed by atoms with Gasteiger partial charge in [-0.15, -0.1) is 0 Å². The highest BCUT2D eigenvalue weighted by Crippen LogP contribution is 2.44. The number of phosphoric ester groups is 1. The normalized spacial score (nSPS) is 15.4. The molecule has 2 rings (SSSR count). The second-order valence-corrected chi connectivity index (χ2v) is 5.37. The molecule has 0 aliphatic carbocycles. The summed E-state index contributed by atoms with van der Waals surface area (Å²) in [6, 6.07) is 12.6. The van der Waals surface area contributed by atoms with Crippen molar-refractivity contribution in [1.82, 2.24) is 0 Å². The largest absolute Gasteiger partial charge is 0.471 e. The standard InChI is InChI=1S/C12H15N2O4P/c13-8-12(14,18-19(15,16)17)11-7-3-5-9-4-1-2-6-10(9)11/h1-7H,8,13-14H2,(H2,15,16,17). The third kappa shape index (κ3) is 3.01. The third-order valence-electron chi connectivity index (χ3n) is 2.83. The van der Waals surface area contributed by atoms with E-state index in [9.17, 15) is 4.57 Å². The smallest absolute Gasteiger partial charge is 0.326 e. The number of phosphoric acid groups is 1. The predicted molar refractivity (Wildman–Crippen MR) is 72.0 cm³/mol. The van der Waals surface area contributed by atoms with Crippen molar-refractivity contribution in [2.45, 2.75) is 5.72 Å². The van der Waals surface area contributed by atoms with E-state index in [2.05, 4.69) is 4.52 Å². The Morgan fingerprint density at radius 3 is 2.42 bits per heavy atom. The van der Waals surface area contributed by atoms with Gasteiger partial charge in [0.25, 0.3) is 0 Å². The van der Waals surface area contributed by atoms with Crippen LogP contribution in [-0.2, 0) is 14.8 Å². The highest BCUT2D eigenvalue weighted by Gasteiger charge is 2.35. The van der Waals surface area contributed by atoms with Gasteiger partial charge in [-0.25, -0.2) is 4.57 Å². The Labute approximate surface area is 110 Å². The molecule has 0 bridgehead atoms. The van der Waals surface area contributed by atoms with Gasteiger partial charge < -0.3 is 15.5 Å². The van der Waals surface area contributed by atoms with Crippen LogP contribution >= 0.6 is 7.82 Å². The van der Waals surface area contributed by atoms with E-state index in [0.29, 0.717) is 5.56 Å². The molecule has 0 heterocycles. The lowest BCUT2D eigenvalue weighted by atomic mass is 9.96. The molecule has 1 unspecified atom stereocenters. The minimum absolute atomic E-state index is 0.258. The highest BCUT2D eigenvalue weighted by molar-refractivity contribution is 7.46. The monoisotopic (exact) mass is 282 g/mol. The zero-order chi connectivity index (χ0) is 14.1. The Balaban J connectivity index is 2.61. The molecular weight excluding hydrogens is 267 g/mol. The van der Waals surface area contributed by atoms with Crippen LogP contribution in [-0.4, -0.2) is 16.3 Å². The van der Waals surface area contributed by atoms with Crippen LogP contribution in [0.4, 0.5) is 0 Å². The molecule has 0 spiro atoms. The highest BCUT2D eigenvalue weighted by atomic mass is 31.2. The van der Waals surface area contributed by atoms with Crippen molar-refractivity contribution in [2.24, 2.45) is 11.5 Å². The SMILES string of the molecule is NCC(N)(OP(=O)(O)O)c1cccc2ccccc12. The topological polar surface area (TPSA) is 119 Å². The molecule has 6 nitrogen and oxygen atoms in total. The molecule has 0 radical (unpaired) electrons. The van der Waals surface area contributed by atoms with Gasteiger partial charge in [-0.05, 0) is 10.8 Å². The summed E-state index contributed by atoms with van der Waals surface area (Å²) in [6.45, 7) is -0.258. The molecule has 6 N–H and O–H groups in total. The van der Waals surface area contributed by atoms with Gasteiger partial charge in [0, 0.05) is 12.1 Å². The van der Waals surface area contributed by atoms with Gasteiger partial charge in [-0.1, -0.05) is 42.5 Å². The second-order valence-electron chi connectivity index (χ2n) is 4.20. The van der Waals surface area contributed by atoms with Crippen molar-refractivity contribution in [2.75, 3.05) is 6.54 Å². The number of benzene rings is 2. The molecule has 0 fully saturated rings. The zero-order valence-electron chi connectivity index (χ0n) is 10.1. The minimum atomic E-state index is -4.75. The molecular formula is C12H15N2O4P. The van der Waals surface area contributed by atoms with E-state index in [-0.39, 0.29) is 6.54 Å². The second kappa shape index (κ2) is 5.02. The first-order valence-electron chi connectivity index (χ1n) is 5.59. The predicted octanol–water partition coefficient (Wildman–Crippen LogP) is 1.02. The van der Waals surface area contributed by atoms with Crippen molar-refractivity contribution in [3.8, 4) is 0 Å². The maximum atomic E-state index is 11.1. The van der Waals surface area contributed by atoms with Gasteiger partial charge in [-0.2, -0.15) is 0 Å². The molecule has 0 aromatic heterocycles. The van der Waals surface area contributed by atoms with Crippen LogP contribution in [0.2, 0.25) is 0 Å². The van der Waals surface area contributed by atoms with Crippen molar-refractivity contribution < 1.29 is 18.9 Å². The summed E-state index contributed by atoms with van der Waals surface area (Å²) >= 11 is 0. The Kier molecular flexibility index (Phi) is 3.73. The van der Waals surface area contributed by atoms with E-state index in [4.69, 9.17) is 21.3 Å². The van der Waals surface area contributed by atoms with Crippen molar-refractivity contribution in [1.29, 1.82) is 0 Å². The van der Waals surface area contributed by atoms with E-state index < -0.39 is 13.5 Å². The molecule has 2 aromatic carbocycles. The fourth-order valence-electron chi connectivity index (χ4n) is 2.00. The number of nitrogens with two attached hydrogens (primary N) is 2. The molecule has 0 amide bonds. The van der Waals surface area contributed by atoms with Gasteiger partial charge >= 0.3 is 7.82 Å². The summed E-state index contributed by atoms with van der Waals surface area (Å²) < 4.78 is 15.7. The van der Waals surface area contributed by atoms with Gasteiger partial charge in [0.05, 0.1) is 0 Å². The minimum Gasteiger partial charge on any atom is -0.326 e. The summed E-state index contributed by atoms with van der Waals surface area (Å²) in [4.78, 5) is 17.9. The summed E-state index contributed by atoms with van der Waals surface area (Å²) in [7, 11) is -4.75. The average molecular weight is 282 g/mol. The summed E-state index contributed by atoms with van der Waals surface area (Å²) in [5.41, 5.74) is 10.2. The molecule has 19 heavy (non-hydrogen) atoms. The summed E-state index contributed by atoms with van der Waals surface area (Å²) in [6.07, 6.45) is 0. The lowest BCUT2D eigenvalue weighted by Gasteiger charge is -2.29. The van der Waals surface area contributed by atoms with E-state index in [1.807, 2.05) is 18.2 Å². The molecule has 7 heteroatoms. The van der Waals surface area contributed by atoms with Crippen LogP contribution in [0.5, 0.6) is 0 Å². The fourth-order valence-corrected chi connectivity index (χ4v) is 2.60. The molecule has 1 atom stereocenters. The number of hydrogen-bond donors (Lipinski definition) is 4. The van der Waals surface area contributed by atoms with Gasteiger partial charge in [0.2, 0.25) is 0 Å². The maximum Gasteiger partial charge on any atom is 0.471 e. The van der Waals surface area contributed by atoms with Gasteiger partial charge in [0.15, 0.2) is 5.72 Å². The Bertz CT molecular complexity index is 637. The van der Waals surface area contributed by atoms with Crippen LogP contribution in [0.3, 0.4) is 0 Å². The maximum absolute atomic E-state index is 11.1. The molecule has 0 aliphatic heterocycles. The first-order chi connectivity index (χ1) is 8.86. The van der Waals surface area contributed by atoms with Crippen LogP contribution in [0.1, 0.15) is 5.56 Å². The van der Waals surface area contributed by atoms with Crippen molar-refractivity contribution >= 4 is 18.6 Å². The first-order valence-corrected chi connectivity index (χ1v) is 7.12. The summed E-state index contributed by atoms with van der Waals surface area (Å²) in [5.74, 6) is 0. The van der Waals surface area contributed by atoms with Crippen LogP contribution in [0, 0.1) is 0 Å². The Morgan fingerprint density at radius 1 is 1.16 bits per heavy atom. The molecule has 2 aromatic rings. The van der Waals surface area contributed by atoms with E-state index in [1.54, 1.807) is 24.3 Å². The molecule has 0 saturated heterocycles. The van der Waals surface area contributed by atoms with E-state index in [1.165, 1.54) is 0 Å². The van der Waals surface area contributed by atoms with Crippen LogP contribution in [0.25, 0.3) is 10.8 Å². The fraction of sp³-hybridized carbons (Fsp3) is 0.167. The number of fused-ring (bicyclic) bond motifs is 1. The van der Waals surface area contributed by atoms with Crippen LogP contribution in [0.15, 0.2) is 42.5 Å². The average Bonchev–Trinajstić information content (AvgIpc) is 2.36. The van der Waals surface area contributed by atoms with Crippen molar-refractivity contribution in [3.05, 3.63) is 48.0 Å². The lowest BCUT2D eigenvalue weighted by molar-refractivity contribution is 0.0445. The van der Waals surface area contributed by atoms with E-state index in [0.717, 1.165) is 10.8 Å². The number of rotatable bonds is 4. The third-order valence-corrected chi connectivity index (χ3v) is 3.39. The van der Waals surface area contributed by atoms with Gasteiger partial charge in [-0.3, -0.25) is 10.3 Å². The number of hydrogen-bond acceptors (Lipinski definition) is 4. The lowest BCUT2D eigenvalue weighted by Crippen LogP contribution is -2.45.